The molecule has 0 saturated carbocycles. The molecular formula is C13H19NO3. The van der Waals surface area contributed by atoms with Crippen LogP contribution in [0.5, 0.6) is 5.75 Å². The molecule has 1 aromatic carbocycles. The molecule has 1 rings (SSSR count). The van der Waals surface area contributed by atoms with E-state index in [1.807, 2.05) is 6.92 Å². The second kappa shape index (κ2) is 7.81. The summed E-state index contributed by atoms with van der Waals surface area (Å²) in [5, 5.41) is 11.4. The van der Waals surface area contributed by atoms with Gasteiger partial charge in [-0.1, -0.05) is 6.92 Å². The minimum absolute atomic E-state index is 0.0143. The smallest absolute Gasteiger partial charge is 0.176 e. The van der Waals surface area contributed by atoms with Gasteiger partial charge in [-0.25, -0.2) is 0 Å². The number of aliphatic hydroxyl groups excluding tert-OH is 1. The van der Waals surface area contributed by atoms with Crippen LogP contribution in [-0.2, 0) is 0 Å². The van der Waals surface area contributed by atoms with Crippen molar-refractivity contribution in [1.29, 1.82) is 0 Å². The highest BCUT2D eigenvalue weighted by Gasteiger charge is 2.04. The molecule has 94 valence electrons. The molecule has 0 heterocycles. The zero-order valence-corrected chi connectivity index (χ0v) is 10.1. The maximum atomic E-state index is 11.7. The first-order valence-corrected chi connectivity index (χ1v) is 5.85. The van der Waals surface area contributed by atoms with Gasteiger partial charge in [-0.05, 0) is 30.7 Å². The van der Waals surface area contributed by atoms with Gasteiger partial charge in [0.1, 0.15) is 5.75 Å². The standard InChI is InChI=1S/C13H19NO3/c1-2-9-17-12-5-3-11(4-6-12)13(16)10-14-7-8-15/h3-6,14-15H,2,7-10H2,1H3. The monoisotopic (exact) mass is 237 g/mol. The Hall–Kier alpha value is -1.39. The van der Waals surface area contributed by atoms with Crippen molar-refractivity contribution in [2.24, 2.45) is 0 Å². The lowest BCUT2D eigenvalue weighted by atomic mass is 10.1. The minimum Gasteiger partial charge on any atom is -0.494 e. The lowest BCUT2D eigenvalue weighted by molar-refractivity contribution is 0.0989. The van der Waals surface area contributed by atoms with E-state index < -0.39 is 0 Å². The van der Waals surface area contributed by atoms with E-state index in [0.29, 0.717) is 18.7 Å². The molecule has 0 amide bonds. The van der Waals surface area contributed by atoms with Crippen molar-refractivity contribution in [2.75, 3.05) is 26.3 Å². The summed E-state index contributed by atoms with van der Waals surface area (Å²) in [5.74, 6) is 0.798. The van der Waals surface area contributed by atoms with Crippen LogP contribution in [0.2, 0.25) is 0 Å². The van der Waals surface area contributed by atoms with Crippen LogP contribution in [0.15, 0.2) is 24.3 Å². The zero-order chi connectivity index (χ0) is 12.5. The molecule has 0 aromatic heterocycles. The van der Waals surface area contributed by atoms with Gasteiger partial charge in [0, 0.05) is 12.1 Å². The maximum absolute atomic E-state index is 11.7. The highest BCUT2D eigenvalue weighted by atomic mass is 16.5. The number of carbonyl (C=O) groups excluding carboxylic acids is 1. The van der Waals surface area contributed by atoms with Gasteiger partial charge in [0.2, 0.25) is 0 Å². The summed E-state index contributed by atoms with van der Waals surface area (Å²) in [5.41, 5.74) is 0.652. The lowest BCUT2D eigenvalue weighted by Crippen LogP contribution is -2.25. The Morgan fingerprint density at radius 2 is 2.06 bits per heavy atom. The quantitative estimate of drug-likeness (QED) is 0.527. The Labute approximate surface area is 102 Å². The fourth-order valence-electron chi connectivity index (χ4n) is 1.34. The number of aliphatic hydroxyl groups is 1. The van der Waals surface area contributed by atoms with Gasteiger partial charge in [0.25, 0.3) is 0 Å². The first-order chi connectivity index (χ1) is 8.27. The van der Waals surface area contributed by atoms with E-state index in [9.17, 15) is 4.79 Å². The SMILES string of the molecule is CCCOc1ccc(C(=O)CNCCO)cc1. The van der Waals surface area contributed by atoms with Crippen molar-refractivity contribution in [3.63, 3.8) is 0 Å². The lowest BCUT2D eigenvalue weighted by Gasteiger charge is -2.06. The van der Waals surface area contributed by atoms with E-state index in [1.54, 1.807) is 24.3 Å². The molecule has 0 spiro atoms. The van der Waals surface area contributed by atoms with Gasteiger partial charge >= 0.3 is 0 Å². The van der Waals surface area contributed by atoms with Crippen molar-refractivity contribution in [3.05, 3.63) is 29.8 Å². The van der Waals surface area contributed by atoms with Gasteiger partial charge in [-0.15, -0.1) is 0 Å². The molecule has 0 aliphatic carbocycles. The second-order valence-electron chi connectivity index (χ2n) is 3.70. The van der Waals surface area contributed by atoms with Gasteiger partial charge in [0.05, 0.1) is 19.8 Å². The van der Waals surface area contributed by atoms with Gasteiger partial charge in [-0.2, -0.15) is 0 Å². The number of carbonyl (C=O) groups is 1. The van der Waals surface area contributed by atoms with Crippen LogP contribution in [0.3, 0.4) is 0 Å². The summed E-state index contributed by atoms with van der Waals surface area (Å²) in [6, 6.07) is 7.12. The number of hydrogen-bond acceptors (Lipinski definition) is 4. The highest BCUT2D eigenvalue weighted by molar-refractivity contribution is 5.97. The molecule has 0 fully saturated rings. The third-order valence-electron chi connectivity index (χ3n) is 2.22. The first kappa shape index (κ1) is 13.7. The number of ketones is 1. The average molecular weight is 237 g/mol. The third-order valence-corrected chi connectivity index (χ3v) is 2.22. The molecule has 2 N–H and O–H groups in total. The molecule has 0 atom stereocenters. The fourth-order valence-corrected chi connectivity index (χ4v) is 1.34. The third kappa shape index (κ3) is 4.97. The van der Waals surface area contributed by atoms with Crippen LogP contribution in [0.25, 0.3) is 0 Å². The zero-order valence-electron chi connectivity index (χ0n) is 10.1. The van der Waals surface area contributed by atoms with Crippen molar-refractivity contribution >= 4 is 5.78 Å². The molecule has 0 bridgehead atoms. The van der Waals surface area contributed by atoms with Gasteiger partial charge in [0.15, 0.2) is 5.78 Å². The molecular weight excluding hydrogens is 218 g/mol. The summed E-state index contributed by atoms with van der Waals surface area (Å²) in [6.07, 6.45) is 0.964. The molecule has 0 aliphatic rings. The largest absolute Gasteiger partial charge is 0.494 e. The molecule has 17 heavy (non-hydrogen) atoms. The Morgan fingerprint density at radius 3 is 2.65 bits per heavy atom. The fraction of sp³-hybridized carbons (Fsp3) is 0.462. The van der Waals surface area contributed by atoms with Crippen LogP contribution >= 0.6 is 0 Å². The van der Waals surface area contributed by atoms with Crippen LogP contribution in [-0.4, -0.2) is 37.2 Å². The van der Waals surface area contributed by atoms with E-state index in [4.69, 9.17) is 9.84 Å². The summed E-state index contributed by atoms with van der Waals surface area (Å²) >= 11 is 0. The number of hydrogen-bond donors (Lipinski definition) is 2. The van der Waals surface area contributed by atoms with E-state index in [2.05, 4.69) is 5.32 Å². The minimum atomic E-state index is 0.0143. The van der Waals surface area contributed by atoms with Crippen molar-refractivity contribution < 1.29 is 14.6 Å². The van der Waals surface area contributed by atoms with E-state index in [-0.39, 0.29) is 18.9 Å². The summed E-state index contributed by atoms with van der Waals surface area (Å²) < 4.78 is 5.43. The van der Waals surface area contributed by atoms with E-state index >= 15 is 0 Å². The Kier molecular flexibility index (Phi) is 6.29. The van der Waals surface area contributed by atoms with Crippen LogP contribution in [0, 0.1) is 0 Å². The normalized spacial score (nSPS) is 10.2. The van der Waals surface area contributed by atoms with Crippen molar-refractivity contribution in [2.45, 2.75) is 13.3 Å². The molecule has 0 aliphatic heterocycles. The van der Waals surface area contributed by atoms with Gasteiger partial charge in [-0.3, -0.25) is 4.79 Å². The van der Waals surface area contributed by atoms with Gasteiger partial charge < -0.3 is 15.2 Å². The number of rotatable bonds is 8. The van der Waals surface area contributed by atoms with Crippen molar-refractivity contribution in [1.82, 2.24) is 5.32 Å². The molecule has 0 unspecified atom stereocenters. The molecule has 1 aromatic rings. The van der Waals surface area contributed by atoms with E-state index in [0.717, 1.165) is 12.2 Å². The van der Waals surface area contributed by atoms with E-state index in [1.165, 1.54) is 0 Å². The molecule has 4 nitrogen and oxygen atoms in total. The van der Waals surface area contributed by atoms with Crippen LogP contribution in [0.1, 0.15) is 23.7 Å². The average Bonchev–Trinajstić information content (AvgIpc) is 2.37. The molecule has 0 saturated heterocycles. The Morgan fingerprint density at radius 1 is 1.35 bits per heavy atom. The highest BCUT2D eigenvalue weighted by Crippen LogP contribution is 2.12. The maximum Gasteiger partial charge on any atom is 0.176 e. The summed E-state index contributed by atoms with van der Waals surface area (Å²) in [4.78, 5) is 11.7. The number of nitrogens with one attached hydrogen (secondary N) is 1. The number of ether oxygens (including phenoxy) is 1. The summed E-state index contributed by atoms with van der Waals surface area (Å²) in [6.45, 7) is 3.45. The van der Waals surface area contributed by atoms with Crippen molar-refractivity contribution in [3.8, 4) is 5.75 Å². The second-order valence-corrected chi connectivity index (χ2v) is 3.70. The Balaban J connectivity index is 2.46. The topological polar surface area (TPSA) is 58.6 Å². The predicted molar refractivity (Wildman–Crippen MR) is 66.5 cm³/mol. The summed E-state index contributed by atoms with van der Waals surface area (Å²) in [7, 11) is 0. The first-order valence-electron chi connectivity index (χ1n) is 5.85. The van der Waals surface area contributed by atoms with Crippen LogP contribution in [0.4, 0.5) is 0 Å². The predicted octanol–water partition coefficient (Wildman–Crippen LogP) is 1.24. The number of benzene rings is 1. The molecule has 4 heteroatoms. The number of Topliss-reactive ketones (excluding diaryl/α,β-unsaturated/α-hetero) is 1. The van der Waals surface area contributed by atoms with Crippen LogP contribution < -0.4 is 10.1 Å². The Bertz CT molecular complexity index is 335. The molecule has 0 radical (unpaired) electrons.